The van der Waals surface area contributed by atoms with Gasteiger partial charge in [-0.2, -0.15) is 5.10 Å². The smallest absolute Gasteiger partial charge is 0.259 e. The number of hydrogen-bond acceptors (Lipinski definition) is 5. The lowest BCUT2D eigenvalue weighted by atomic mass is 10.1. The topological polar surface area (TPSA) is 94.0 Å². The van der Waals surface area contributed by atoms with Gasteiger partial charge in [-0.3, -0.25) is 4.79 Å². The van der Waals surface area contributed by atoms with E-state index in [-0.39, 0.29) is 24.0 Å². The van der Waals surface area contributed by atoms with Crippen molar-refractivity contribution in [3.8, 4) is 11.5 Å². The van der Waals surface area contributed by atoms with Crippen LogP contribution in [-0.4, -0.2) is 28.4 Å². The molecule has 7 heteroatoms. The number of halogens is 1. The Hall–Kier alpha value is -2.73. The molecular formula is C17H18ClN3O3. The molecule has 0 aliphatic heterocycles. The van der Waals surface area contributed by atoms with Crippen LogP contribution in [0.2, 0.25) is 5.02 Å². The number of benzene rings is 2. The summed E-state index contributed by atoms with van der Waals surface area (Å²) in [7, 11) is 0. The van der Waals surface area contributed by atoms with Crippen molar-refractivity contribution in [2.75, 3.05) is 11.9 Å². The van der Waals surface area contributed by atoms with E-state index in [9.17, 15) is 15.0 Å². The van der Waals surface area contributed by atoms with E-state index in [1.165, 1.54) is 18.2 Å². The van der Waals surface area contributed by atoms with E-state index >= 15 is 0 Å². The number of nitrogens with zero attached hydrogens (tertiary/aromatic N) is 1. The van der Waals surface area contributed by atoms with Crippen LogP contribution in [0.3, 0.4) is 0 Å². The highest BCUT2D eigenvalue weighted by Crippen LogP contribution is 2.23. The Labute approximate surface area is 144 Å². The second-order valence-electron chi connectivity index (χ2n) is 5.20. The van der Waals surface area contributed by atoms with Gasteiger partial charge in [0, 0.05) is 16.3 Å². The molecule has 0 radical (unpaired) electrons. The van der Waals surface area contributed by atoms with Gasteiger partial charge in [0.1, 0.15) is 11.5 Å². The van der Waals surface area contributed by atoms with Crippen molar-refractivity contribution in [2.45, 2.75) is 13.8 Å². The minimum absolute atomic E-state index is 0.00164. The SMILES string of the molecule is C/C(=N/NC(=O)CNc1cccc(Cl)c1C)c1cc(O)ccc1O. The number of rotatable bonds is 5. The van der Waals surface area contributed by atoms with Crippen LogP contribution in [0, 0.1) is 6.92 Å². The maximum atomic E-state index is 11.9. The summed E-state index contributed by atoms with van der Waals surface area (Å²) in [6.07, 6.45) is 0. The summed E-state index contributed by atoms with van der Waals surface area (Å²) in [6.45, 7) is 3.49. The van der Waals surface area contributed by atoms with Gasteiger partial charge >= 0.3 is 0 Å². The van der Waals surface area contributed by atoms with Crippen LogP contribution in [0.15, 0.2) is 41.5 Å². The maximum Gasteiger partial charge on any atom is 0.259 e. The first-order valence-electron chi connectivity index (χ1n) is 7.23. The number of carbonyl (C=O) groups is 1. The van der Waals surface area contributed by atoms with Gasteiger partial charge < -0.3 is 15.5 Å². The standard InChI is InChI=1S/C17H18ClN3O3/c1-10-14(18)4-3-5-15(10)19-9-17(24)21-20-11(2)13-8-12(22)6-7-16(13)23/h3-8,19,22-23H,9H2,1-2H3,(H,21,24)/b20-11-. The zero-order chi connectivity index (χ0) is 17.7. The first kappa shape index (κ1) is 17.6. The molecule has 0 spiro atoms. The molecule has 2 rings (SSSR count). The first-order valence-corrected chi connectivity index (χ1v) is 7.60. The Bertz CT molecular complexity index is 791. The van der Waals surface area contributed by atoms with Crippen LogP contribution >= 0.6 is 11.6 Å². The highest BCUT2D eigenvalue weighted by Gasteiger charge is 2.08. The predicted molar refractivity (Wildman–Crippen MR) is 94.8 cm³/mol. The number of hydrazone groups is 1. The van der Waals surface area contributed by atoms with Gasteiger partial charge in [0.05, 0.1) is 12.3 Å². The number of amides is 1. The third-order valence-corrected chi connectivity index (χ3v) is 3.83. The summed E-state index contributed by atoms with van der Waals surface area (Å²) >= 11 is 6.02. The molecule has 1 amide bonds. The Morgan fingerprint density at radius 3 is 2.75 bits per heavy atom. The molecule has 0 aliphatic rings. The third kappa shape index (κ3) is 4.39. The van der Waals surface area contributed by atoms with Gasteiger partial charge in [-0.1, -0.05) is 17.7 Å². The Morgan fingerprint density at radius 1 is 1.25 bits per heavy atom. The number of hydrogen-bond donors (Lipinski definition) is 4. The number of nitrogens with one attached hydrogen (secondary N) is 2. The third-order valence-electron chi connectivity index (χ3n) is 3.43. The lowest BCUT2D eigenvalue weighted by Gasteiger charge is -2.10. The Morgan fingerprint density at radius 2 is 2.00 bits per heavy atom. The van der Waals surface area contributed by atoms with Gasteiger partial charge in [-0.05, 0) is 49.7 Å². The van der Waals surface area contributed by atoms with Crippen LogP contribution in [0.5, 0.6) is 11.5 Å². The molecule has 0 aromatic heterocycles. The highest BCUT2D eigenvalue weighted by molar-refractivity contribution is 6.31. The number of carbonyl (C=O) groups excluding carboxylic acids is 1. The van der Waals surface area contributed by atoms with E-state index < -0.39 is 0 Å². The lowest BCUT2D eigenvalue weighted by molar-refractivity contribution is -0.119. The quantitative estimate of drug-likeness (QED) is 0.380. The molecule has 0 saturated carbocycles. The molecule has 0 aliphatic carbocycles. The van der Waals surface area contributed by atoms with E-state index in [4.69, 9.17) is 11.6 Å². The van der Waals surface area contributed by atoms with E-state index in [0.717, 1.165) is 11.3 Å². The van der Waals surface area contributed by atoms with Crippen molar-refractivity contribution < 1.29 is 15.0 Å². The summed E-state index contributed by atoms with van der Waals surface area (Å²) in [5, 5.41) is 26.7. The van der Waals surface area contributed by atoms with Crippen LogP contribution in [0.25, 0.3) is 0 Å². The summed E-state index contributed by atoms with van der Waals surface area (Å²) in [5.41, 5.74) is 4.73. The van der Waals surface area contributed by atoms with E-state index in [1.807, 2.05) is 13.0 Å². The molecule has 0 bridgehead atoms. The van der Waals surface area contributed by atoms with Crippen molar-refractivity contribution in [3.05, 3.63) is 52.5 Å². The van der Waals surface area contributed by atoms with E-state index in [2.05, 4.69) is 15.8 Å². The van der Waals surface area contributed by atoms with Crippen molar-refractivity contribution in [1.29, 1.82) is 0 Å². The molecule has 0 atom stereocenters. The molecule has 0 saturated heterocycles. The highest BCUT2D eigenvalue weighted by atomic mass is 35.5. The van der Waals surface area contributed by atoms with Crippen molar-refractivity contribution >= 4 is 28.9 Å². The number of anilines is 1. The van der Waals surface area contributed by atoms with Crippen molar-refractivity contribution in [2.24, 2.45) is 5.10 Å². The molecule has 2 aromatic carbocycles. The van der Waals surface area contributed by atoms with Crippen LogP contribution in [0.1, 0.15) is 18.1 Å². The summed E-state index contributed by atoms with van der Waals surface area (Å²) in [6, 6.07) is 9.48. The fourth-order valence-corrected chi connectivity index (χ4v) is 2.21. The zero-order valence-electron chi connectivity index (χ0n) is 13.3. The minimum atomic E-state index is -0.353. The predicted octanol–water partition coefficient (Wildman–Crippen LogP) is 3.01. The maximum absolute atomic E-state index is 11.9. The molecule has 4 N–H and O–H groups in total. The fraction of sp³-hybridized carbons (Fsp3) is 0.176. The normalized spacial score (nSPS) is 11.2. The lowest BCUT2D eigenvalue weighted by Crippen LogP contribution is -2.27. The summed E-state index contributed by atoms with van der Waals surface area (Å²) in [5.74, 6) is -0.383. The summed E-state index contributed by atoms with van der Waals surface area (Å²) in [4.78, 5) is 11.9. The minimum Gasteiger partial charge on any atom is -0.508 e. The largest absolute Gasteiger partial charge is 0.508 e. The van der Waals surface area contributed by atoms with Crippen molar-refractivity contribution in [3.63, 3.8) is 0 Å². The van der Waals surface area contributed by atoms with Gasteiger partial charge in [0.2, 0.25) is 0 Å². The second kappa shape index (κ2) is 7.70. The molecule has 0 unspecified atom stereocenters. The number of phenols is 2. The van der Waals surface area contributed by atoms with Crippen molar-refractivity contribution in [1.82, 2.24) is 5.43 Å². The molecule has 24 heavy (non-hydrogen) atoms. The Balaban J connectivity index is 1.97. The average molecular weight is 348 g/mol. The Kier molecular flexibility index (Phi) is 5.65. The zero-order valence-corrected chi connectivity index (χ0v) is 14.1. The van der Waals surface area contributed by atoms with Gasteiger partial charge in [-0.25, -0.2) is 5.43 Å². The number of phenolic OH excluding ortho intramolecular Hbond substituents is 2. The number of aromatic hydroxyl groups is 2. The molecule has 0 fully saturated rings. The molecular weight excluding hydrogens is 330 g/mol. The van der Waals surface area contributed by atoms with E-state index in [0.29, 0.717) is 16.3 Å². The van der Waals surface area contributed by atoms with Gasteiger partial charge in [0.15, 0.2) is 0 Å². The second-order valence-corrected chi connectivity index (χ2v) is 5.61. The molecule has 6 nitrogen and oxygen atoms in total. The van der Waals surface area contributed by atoms with Crippen LogP contribution in [0.4, 0.5) is 5.69 Å². The van der Waals surface area contributed by atoms with Gasteiger partial charge in [0.25, 0.3) is 5.91 Å². The van der Waals surface area contributed by atoms with Crippen LogP contribution < -0.4 is 10.7 Å². The average Bonchev–Trinajstić information content (AvgIpc) is 2.56. The summed E-state index contributed by atoms with van der Waals surface area (Å²) < 4.78 is 0. The van der Waals surface area contributed by atoms with Crippen LogP contribution in [-0.2, 0) is 4.79 Å². The molecule has 2 aromatic rings. The fourth-order valence-electron chi connectivity index (χ4n) is 2.03. The monoisotopic (exact) mass is 347 g/mol. The molecule has 0 heterocycles. The van der Waals surface area contributed by atoms with Gasteiger partial charge in [-0.15, -0.1) is 0 Å². The molecule has 126 valence electrons. The van der Waals surface area contributed by atoms with E-state index in [1.54, 1.807) is 19.1 Å². The first-order chi connectivity index (χ1) is 11.4.